The number of alkyl halides is 3. The highest BCUT2D eigenvalue weighted by Crippen LogP contribution is 2.29. The first-order valence-corrected chi connectivity index (χ1v) is 13.0. The number of benzene rings is 1. The van der Waals surface area contributed by atoms with Crippen molar-refractivity contribution in [3.05, 3.63) is 53.7 Å². The Balaban J connectivity index is 1.24. The van der Waals surface area contributed by atoms with E-state index in [1.807, 2.05) is 0 Å². The van der Waals surface area contributed by atoms with Crippen LogP contribution in [-0.4, -0.2) is 73.1 Å². The highest BCUT2D eigenvalue weighted by atomic mass is 32.2. The Morgan fingerprint density at radius 1 is 1.09 bits per heavy atom. The van der Waals surface area contributed by atoms with Gasteiger partial charge >= 0.3 is 6.18 Å². The van der Waals surface area contributed by atoms with Crippen LogP contribution in [0.15, 0.2) is 42.6 Å². The van der Waals surface area contributed by atoms with Gasteiger partial charge < -0.3 is 4.74 Å². The first-order valence-electron chi connectivity index (χ1n) is 11.3. The Hall–Kier alpha value is -2.70. The third kappa shape index (κ3) is 6.11. The van der Waals surface area contributed by atoms with Gasteiger partial charge in [0.25, 0.3) is 0 Å². The normalized spacial score (nSPS) is 18.5. The molecule has 0 atom stereocenters. The van der Waals surface area contributed by atoms with Crippen molar-refractivity contribution in [3.8, 4) is 5.75 Å². The van der Waals surface area contributed by atoms with E-state index in [-0.39, 0.29) is 37.4 Å². The number of carbonyl (C=O) groups excluding carboxylic acids is 1. The van der Waals surface area contributed by atoms with Crippen molar-refractivity contribution in [1.29, 1.82) is 0 Å². The SMILES string of the molecule is CCCS(=O)(=O)N1CCN(c2ccc(OC3CN(Cc4ccc(C(F)(F)F)cc4)C3)cn2)C(=O)C1. The molecule has 8 nitrogen and oxygen atoms in total. The average Bonchev–Trinajstić information content (AvgIpc) is 2.78. The second-order valence-corrected chi connectivity index (χ2v) is 10.8. The molecule has 0 spiro atoms. The number of halogens is 3. The minimum absolute atomic E-state index is 0.0213. The molecule has 2 aliphatic rings. The van der Waals surface area contributed by atoms with Crippen LogP contribution in [-0.2, 0) is 27.5 Å². The van der Waals surface area contributed by atoms with E-state index < -0.39 is 21.8 Å². The van der Waals surface area contributed by atoms with Crippen molar-refractivity contribution in [2.24, 2.45) is 0 Å². The van der Waals surface area contributed by atoms with Gasteiger partial charge in [0.2, 0.25) is 15.9 Å². The van der Waals surface area contributed by atoms with Crippen molar-refractivity contribution < 1.29 is 31.1 Å². The van der Waals surface area contributed by atoms with Crippen molar-refractivity contribution in [1.82, 2.24) is 14.2 Å². The van der Waals surface area contributed by atoms with Gasteiger partial charge in [-0.25, -0.2) is 13.4 Å². The molecule has 0 saturated carbocycles. The standard InChI is InChI=1S/C23H27F3N4O4S/c1-2-11-35(32,33)29-9-10-30(22(31)16-29)21-8-7-19(12-27-21)34-20-14-28(15-20)13-17-3-5-18(6-4-17)23(24,25)26/h3-8,12,20H,2,9-11,13-16H2,1H3. The van der Waals surface area contributed by atoms with E-state index in [4.69, 9.17) is 4.74 Å². The van der Waals surface area contributed by atoms with Crippen LogP contribution in [0.4, 0.5) is 19.0 Å². The number of nitrogens with zero attached hydrogens (tertiary/aromatic N) is 4. The molecule has 190 valence electrons. The first kappa shape index (κ1) is 25.4. The maximum Gasteiger partial charge on any atom is 0.416 e. The Morgan fingerprint density at radius 3 is 2.37 bits per heavy atom. The van der Waals surface area contributed by atoms with Gasteiger partial charge in [-0.3, -0.25) is 14.6 Å². The number of piperazine rings is 1. The molecule has 0 bridgehead atoms. The van der Waals surface area contributed by atoms with E-state index >= 15 is 0 Å². The monoisotopic (exact) mass is 512 g/mol. The highest BCUT2D eigenvalue weighted by Gasteiger charge is 2.33. The van der Waals surface area contributed by atoms with Crippen LogP contribution in [0.25, 0.3) is 0 Å². The summed E-state index contributed by atoms with van der Waals surface area (Å²) in [5.74, 6) is 0.681. The summed E-state index contributed by atoms with van der Waals surface area (Å²) >= 11 is 0. The lowest BCUT2D eigenvalue weighted by Crippen LogP contribution is -2.53. The van der Waals surface area contributed by atoms with Crippen molar-refractivity contribution >= 4 is 21.7 Å². The number of pyridine rings is 1. The van der Waals surface area contributed by atoms with Gasteiger partial charge in [0.1, 0.15) is 17.7 Å². The average molecular weight is 513 g/mol. The largest absolute Gasteiger partial charge is 0.486 e. The van der Waals surface area contributed by atoms with E-state index in [9.17, 15) is 26.4 Å². The fourth-order valence-corrected chi connectivity index (χ4v) is 5.54. The van der Waals surface area contributed by atoms with Crippen LogP contribution < -0.4 is 9.64 Å². The lowest BCUT2D eigenvalue weighted by Gasteiger charge is -2.39. The van der Waals surface area contributed by atoms with E-state index in [1.165, 1.54) is 27.5 Å². The quantitative estimate of drug-likeness (QED) is 0.541. The summed E-state index contributed by atoms with van der Waals surface area (Å²) in [5.41, 5.74) is 0.141. The smallest absolute Gasteiger partial charge is 0.416 e. The maximum absolute atomic E-state index is 12.7. The topological polar surface area (TPSA) is 83.1 Å². The third-order valence-electron chi connectivity index (χ3n) is 5.95. The molecule has 12 heteroatoms. The summed E-state index contributed by atoms with van der Waals surface area (Å²) in [5, 5.41) is 0. The predicted molar refractivity (Wildman–Crippen MR) is 123 cm³/mol. The third-order valence-corrected chi connectivity index (χ3v) is 7.97. The lowest BCUT2D eigenvalue weighted by atomic mass is 10.1. The van der Waals surface area contributed by atoms with Gasteiger partial charge in [-0.15, -0.1) is 0 Å². The Kier molecular flexibility index (Phi) is 7.34. The summed E-state index contributed by atoms with van der Waals surface area (Å²) in [4.78, 5) is 20.4. The molecular formula is C23H27F3N4O4S. The van der Waals surface area contributed by atoms with E-state index in [2.05, 4.69) is 9.88 Å². The van der Waals surface area contributed by atoms with Gasteiger partial charge in [-0.05, 0) is 36.2 Å². The number of ether oxygens (including phenoxy) is 1. The van der Waals surface area contributed by atoms with E-state index in [1.54, 1.807) is 19.1 Å². The molecule has 3 heterocycles. The molecule has 1 aromatic heterocycles. The zero-order valence-corrected chi connectivity index (χ0v) is 20.1. The zero-order valence-electron chi connectivity index (χ0n) is 19.2. The van der Waals surface area contributed by atoms with Gasteiger partial charge in [-0.1, -0.05) is 19.1 Å². The molecule has 2 aliphatic heterocycles. The molecule has 1 aromatic carbocycles. The summed E-state index contributed by atoms with van der Waals surface area (Å²) < 4.78 is 69.6. The molecule has 2 saturated heterocycles. The van der Waals surface area contributed by atoms with Gasteiger partial charge in [0.05, 0.1) is 24.1 Å². The molecule has 0 aliphatic carbocycles. The van der Waals surface area contributed by atoms with Crippen LogP contribution in [0.3, 0.4) is 0 Å². The highest BCUT2D eigenvalue weighted by molar-refractivity contribution is 7.89. The fourth-order valence-electron chi connectivity index (χ4n) is 4.10. The fraction of sp³-hybridized carbons (Fsp3) is 0.478. The summed E-state index contributed by atoms with van der Waals surface area (Å²) in [6.07, 6.45) is -2.38. The number of anilines is 1. The number of aromatic nitrogens is 1. The van der Waals surface area contributed by atoms with Gasteiger partial charge in [0.15, 0.2) is 0 Å². The number of sulfonamides is 1. The summed E-state index contributed by atoms with van der Waals surface area (Å²) in [7, 11) is -3.42. The molecule has 0 N–H and O–H groups in total. The molecule has 35 heavy (non-hydrogen) atoms. The van der Waals surface area contributed by atoms with Gasteiger partial charge in [0, 0.05) is 32.7 Å². The molecule has 2 aromatic rings. The molecule has 4 rings (SSSR count). The molecule has 2 fully saturated rings. The number of amides is 1. The Bertz CT molecular complexity index is 1130. The first-order chi connectivity index (χ1) is 16.5. The minimum atomic E-state index is -4.34. The van der Waals surface area contributed by atoms with Crippen molar-refractivity contribution in [2.45, 2.75) is 32.2 Å². The van der Waals surface area contributed by atoms with E-state index in [0.717, 1.165) is 17.7 Å². The minimum Gasteiger partial charge on any atom is -0.486 e. The molecule has 1 amide bonds. The Morgan fingerprint density at radius 2 is 1.80 bits per heavy atom. The number of hydrogen-bond donors (Lipinski definition) is 0. The van der Waals surface area contributed by atoms with E-state index in [0.29, 0.717) is 37.6 Å². The van der Waals surface area contributed by atoms with Crippen molar-refractivity contribution in [3.63, 3.8) is 0 Å². The van der Waals surface area contributed by atoms with Gasteiger partial charge in [-0.2, -0.15) is 17.5 Å². The molecular weight excluding hydrogens is 485 g/mol. The number of rotatable bonds is 8. The molecule has 0 radical (unpaired) electrons. The van der Waals surface area contributed by atoms with Crippen LogP contribution >= 0.6 is 0 Å². The Labute approximate surface area is 202 Å². The second-order valence-electron chi connectivity index (χ2n) is 8.68. The lowest BCUT2D eigenvalue weighted by molar-refractivity contribution is -0.137. The summed E-state index contributed by atoms with van der Waals surface area (Å²) in [6.45, 7) is 3.85. The van der Waals surface area contributed by atoms with Crippen LogP contribution in [0.2, 0.25) is 0 Å². The van der Waals surface area contributed by atoms with Crippen LogP contribution in [0, 0.1) is 0 Å². The van der Waals surface area contributed by atoms with Crippen LogP contribution in [0.5, 0.6) is 5.75 Å². The number of likely N-dealkylation sites (tertiary alicyclic amines) is 1. The summed E-state index contributed by atoms with van der Waals surface area (Å²) in [6, 6.07) is 8.53. The number of hydrogen-bond acceptors (Lipinski definition) is 6. The predicted octanol–water partition coefficient (Wildman–Crippen LogP) is 2.75. The molecule has 0 unspecified atom stereocenters. The number of carbonyl (C=O) groups is 1. The zero-order chi connectivity index (χ0) is 25.2. The maximum atomic E-state index is 12.7. The van der Waals surface area contributed by atoms with Crippen molar-refractivity contribution in [2.75, 3.05) is 43.4 Å². The van der Waals surface area contributed by atoms with Crippen LogP contribution in [0.1, 0.15) is 24.5 Å². The second kappa shape index (κ2) is 10.1.